The van der Waals surface area contributed by atoms with Crippen molar-refractivity contribution < 1.29 is 0 Å². The van der Waals surface area contributed by atoms with E-state index in [1.165, 1.54) is 71.0 Å². The Bertz CT molecular complexity index is 254. The summed E-state index contributed by atoms with van der Waals surface area (Å²) in [7, 11) is 0. The highest BCUT2D eigenvalue weighted by Gasteiger charge is 2.44. The second kappa shape index (κ2) is 4.89. The van der Waals surface area contributed by atoms with E-state index in [-0.39, 0.29) is 0 Å². The van der Waals surface area contributed by atoms with Crippen LogP contribution in [0.4, 0.5) is 0 Å². The molecule has 2 heteroatoms. The third kappa shape index (κ3) is 2.39. The topological polar surface area (TPSA) is 15.3 Å². The number of piperazine rings is 1. The van der Waals surface area contributed by atoms with Crippen LogP contribution in [0.15, 0.2) is 0 Å². The highest BCUT2D eigenvalue weighted by Crippen LogP contribution is 2.40. The van der Waals surface area contributed by atoms with Gasteiger partial charge in [0, 0.05) is 24.7 Å². The molecule has 2 saturated carbocycles. The first-order chi connectivity index (χ1) is 8.34. The summed E-state index contributed by atoms with van der Waals surface area (Å²) >= 11 is 0. The minimum atomic E-state index is 0.541. The standard InChI is InChI=1S/C15H28N2/c1-2-10-17-11-14(13-6-7-13)16-12-15(17)8-4-3-5-9-15/h13-14,16H,2-12H2,1H3. The number of nitrogens with one attached hydrogen (secondary N) is 1. The van der Waals surface area contributed by atoms with E-state index in [2.05, 4.69) is 17.1 Å². The molecule has 2 nitrogen and oxygen atoms in total. The second-order valence-corrected chi connectivity index (χ2v) is 6.56. The predicted octanol–water partition coefficient (Wildman–Crippen LogP) is 2.78. The van der Waals surface area contributed by atoms with Gasteiger partial charge in [-0.05, 0) is 44.6 Å². The molecular formula is C15H28N2. The van der Waals surface area contributed by atoms with Crippen molar-refractivity contribution in [2.45, 2.75) is 69.9 Å². The Morgan fingerprint density at radius 1 is 1.18 bits per heavy atom. The smallest absolute Gasteiger partial charge is 0.0334 e. The van der Waals surface area contributed by atoms with E-state index in [1.807, 2.05) is 0 Å². The monoisotopic (exact) mass is 236 g/mol. The van der Waals surface area contributed by atoms with Crippen LogP contribution < -0.4 is 5.32 Å². The summed E-state index contributed by atoms with van der Waals surface area (Å²) in [6.45, 7) is 6.27. The fourth-order valence-corrected chi connectivity index (χ4v) is 4.04. The number of hydrogen-bond donors (Lipinski definition) is 1. The molecule has 0 aromatic rings. The number of rotatable bonds is 3. The Hall–Kier alpha value is -0.0800. The van der Waals surface area contributed by atoms with Crippen LogP contribution in [0.2, 0.25) is 0 Å². The van der Waals surface area contributed by atoms with Crippen molar-refractivity contribution in [2.75, 3.05) is 19.6 Å². The molecule has 3 rings (SSSR count). The van der Waals surface area contributed by atoms with Gasteiger partial charge in [0.2, 0.25) is 0 Å². The minimum absolute atomic E-state index is 0.541. The van der Waals surface area contributed by atoms with Crippen molar-refractivity contribution in [3.05, 3.63) is 0 Å². The number of nitrogens with zero attached hydrogens (tertiary/aromatic N) is 1. The molecule has 0 bridgehead atoms. The van der Waals surface area contributed by atoms with E-state index in [0.29, 0.717) is 5.54 Å². The molecule has 3 fully saturated rings. The van der Waals surface area contributed by atoms with Gasteiger partial charge in [0.1, 0.15) is 0 Å². The van der Waals surface area contributed by atoms with Crippen LogP contribution in [0.1, 0.15) is 58.3 Å². The maximum atomic E-state index is 3.89. The van der Waals surface area contributed by atoms with Gasteiger partial charge in [-0.3, -0.25) is 4.90 Å². The molecule has 98 valence electrons. The third-order valence-electron chi connectivity index (χ3n) is 5.25. The van der Waals surface area contributed by atoms with E-state index in [1.54, 1.807) is 0 Å². The van der Waals surface area contributed by atoms with Crippen molar-refractivity contribution in [3.63, 3.8) is 0 Å². The Morgan fingerprint density at radius 3 is 2.59 bits per heavy atom. The predicted molar refractivity (Wildman–Crippen MR) is 72.2 cm³/mol. The lowest BCUT2D eigenvalue weighted by molar-refractivity contribution is 0.00637. The van der Waals surface area contributed by atoms with E-state index in [4.69, 9.17) is 0 Å². The molecule has 1 aliphatic heterocycles. The van der Waals surface area contributed by atoms with E-state index in [9.17, 15) is 0 Å². The van der Waals surface area contributed by atoms with E-state index < -0.39 is 0 Å². The average molecular weight is 236 g/mol. The van der Waals surface area contributed by atoms with Gasteiger partial charge in [-0.15, -0.1) is 0 Å². The van der Waals surface area contributed by atoms with Gasteiger partial charge in [-0.1, -0.05) is 26.2 Å². The van der Waals surface area contributed by atoms with Gasteiger partial charge in [-0.25, -0.2) is 0 Å². The van der Waals surface area contributed by atoms with Crippen LogP contribution in [0.3, 0.4) is 0 Å². The van der Waals surface area contributed by atoms with Gasteiger partial charge in [0.15, 0.2) is 0 Å². The lowest BCUT2D eigenvalue weighted by atomic mass is 9.78. The third-order valence-corrected chi connectivity index (χ3v) is 5.25. The Kier molecular flexibility index (Phi) is 3.45. The maximum Gasteiger partial charge on any atom is 0.0334 e. The molecule has 17 heavy (non-hydrogen) atoms. The van der Waals surface area contributed by atoms with Crippen molar-refractivity contribution in [3.8, 4) is 0 Å². The van der Waals surface area contributed by atoms with Crippen LogP contribution >= 0.6 is 0 Å². The van der Waals surface area contributed by atoms with Crippen LogP contribution in [0, 0.1) is 5.92 Å². The number of hydrogen-bond acceptors (Lipinski definition) is 2. The lowest BCUT2D eigenvalue weighted by Gasteiger charge is -2.52. The molecule has 0 aromatic carbocycles. The van der Waals surface area contributed by atoms with Crippen LogP contribution in [0.25, 0.3) is 0 Å². The molecule has 1 N–H and O–H groups in total. The first-order valence-corrected chi connectivity index (χ1v) is 7.82. The zero-order valence-electron chi connectivity index (χ0n) is 11.4. The summed E-state index contributed by atoms with van der Waals surface area (Å²) in [6.07, 6.45) is 11.5. The summed E-state index contributed by atoms with van der Waals surface area (Å²) in [6, 6.07) is 0.814. The van der Waals surface area contributed by atoms with Crippen LogP contribution in [0.5, 0.6) is 0 Å². The maximum absolute atomic E-state index is 3.89. The largest absolute Gasteiger partial charge is 0.311 e. The molecule has 1 unspecified atom stereocenters. The zero-order chi connectivity index (χ0) is 11.7. The van der Waals surface area contributed by atoms with E-state index in [0.717, 1.165) is 12.0 Å². The molecular weight excluding hydrogens is 208 g/mol. The summed E-state index contributed by atoms with van der Waals surface area (Å²) in [5, 5.41) is 3.89. The SMILES string of the molecule is CCCN1CC(C2CC2)NCC12CCCCC2. The zero-order valence-corrected chi connectivity index (χ0v) is 11.4. The van der Waals surface area contributed by atoms with Gasteiger partial charge in [-0.2, -0.15) is 0 Å². The summed E-state index contributed by atoms with van der Waals surface area (Å²) in [5.41, 5.74) is 0.541. The molecule has 1 heterocycles. The molecule has 1 saturated heterocycles. The quantitative estimate of drug-likeness (QED) is 0.810. The second-order valence-electron chi connectivity index (χ2n) is 6.56. The van der Waals surface area contributed by atoms with Gasteiger partial charge < -0.3 is 5.32 Å². The van der Waals surface area contributed by atoms with Crippen LogP contribution in [-0.2, 0) is 0 Å². The van der Waals surface area contributed by atoms with Crippen molar-refractivity contribution >= 4 is 0 Å². The molecule has 0 radical (unpaired) electrons. The first-order valence-electron chi connectivity index (χ1n) is 7.82. The molecule has 0 amide bonds. The van der Waals surface area contributed by atoms with Gasteiger partial charge in [0.05, 0.1) is 0 Å². The summed E-state index contributed by atoms with van der Waals surface area (Å²) in [5.74, 6) is 1.01. The Balaban J connectivity index is 1.69. The molecule has 3 aliphatic rings. The minimum Gasteiger partial charge on any atom is -0.311 e. The summed E-state index contributed by atoms with van der Waals surface area (Å²) in [4.78, 5) is 2.87. The van der Waals surface area contributed by atoms with Crippen molar-refractivity contribution in [1.29, 1.82) is 0 Å². The molecule has 1 spiro atoms. The van der Waals surface area contributed by atoms with Crippen molar-refractivity contribution in [2.24, 2.45) is 5.92 Å². The lowest BCUT2D eigenvalue weighted by Crippen LogP contribution is -2.65. The highest BCUT2D eigenvalue weighted by atomic mass is 15.3. The fourth-order valence-electron chi connectivity index (χ4n) is 4.04. The molecule has 1 atom stereocenters. The Morgan fingerprint density at radius 2 is 1.94 bits per heavy atom. The van der Waals surface area contributed by atoms with Gasteiger partial charge >= 0.3 is 0 Å². The van der Waals surface area contributed by atoms with Crippen molar-refractivity contribution in [1.82, 2.24) is 10.2 Å². The van der Waals surface area contributed by atoms with Crippen LogP contribution in [-0.4, -0.2) is 36.1 Å². The Labute approximate surface area is 106 Å². The summed E-state index contributed by atoms with van der Waals surface area (Å²) < 4.78 is 0. The fraction of sp³-hybridized carbons (Fsp3) is 1.00. The highest BCUT2D eigenvalue weighted by molar-refractivity contribution is 5.03. The molecule has 2 aliphatic carbocycles. The normalized spacial score (nSPS) is 34.1. The first kappa shape index (κ1) is 12.0. The van der Waals surface area contributed by atoms with E-state index >= 15 is 0 Å². The average Bonchev–Trinajstić information content (AvgIpc) is 3.18. The van der Waals surface area contributed by atoms with Gasteiger partial charge in [0.25, 0.3) is 0 Å². The molecule has 0 aromatic heterocycles.